The molecular formula is C20H16N4OS. The Morgan fingerprint density at radius 1 is 1.15 bits per heavy atom. The maximum Gasteiger partial charge on any atom is 0.283 e. The van der Waals surface area contributed by atoms with Crippen molar-refractivity contribution in [1.29, 1.82) is 0 Å². The van der Waals surface area contributed by atoms with Crippen LogP contribution in [-0.4, -0.2) is 22.1 Å². The number of nitrogens with zero attached hydrogens (tertiary/aromatic N) is 2. The fourth-order valence-electron chi connectivity index (χ4n) is 2.72. The first kappa shape index (κ1) is 16.2. The number of benzene rings is 2. The number of aromatic amines is 1. The zero-order valence-corrected chi connectivity index (χ0v) is 14.9. The van der Waals surface area contributed by atoms with Crippen LogP contribution in [0.25, 0.3) is 21.5 Å². The molecule has 1 amide bonds. The Labute approximate surface area is 154 Å². The molecule has 26 heavy (non-hydrogen) atoms. The Morgan fingerprint density at radius 3 is 2.77 bits per heavy atom. The summed E-state index contributed by atoms with van der Waals surface area (Å²) < 4.78 is 0. The summed E-state index contributed by atoms with van der Waals surface area (Å²) in [5, 5.41) is 5.99. The Bertz CT molecular complexity index is 1100. The van der Waals surface area contributed by atoms with Gasteiger partial charge in [0, 0.05) is 28.2 Å². The maximum absolute atomic E-state index is 12.4. The third-order valence-electron chi connectivity index (χ3n) is 4.01. The number of nitrogens with one attached hydrogen (secondary N) is 2. The number of hydrazone groups is 1. The molecule has 0 unspecified atom stereocenters. The van der Waals surface area contributed by atoms with E-state index in [2.05, 4.69) is 20.5 Å². The zero-order valence-electron chi connectivity index (χ0n) is 14.1. The third kappa shape index (κ3) is 3.14. The number of para-hydroxylation sites is 1. The largest absolute Gasteiger partial charge is 0.361 e. The van der Waals surface area contributed by atoms with E-state index in [1.54, 1.807) is 6.21 Å². The van der Waals surface area contributed by atoms with Crippen LogP contribution in [0.1, 0.15) is 20.9 Å². The Balaban J connectivity index is 1.51. The average Bonchev–Trinajstić information content (AvgIpc) is 3.26. The lowest BCUT2D eigenvalue weighted by Gasteiger charge is -1.97. The lowest BCUT2D eigenvalue weighted by molar-refractivity contribution is 0.0958. The second-order valence-electron chi connectivity index (χ2n) is 5.79. The van der Waals surface area contributed by atoms with Gasteiger partial charge in [0.1, 0.15) is 9.88 Å². The van der Waals surface area contributed by atoms with Gasteiger partial charge in [-0.2, -0.15) is 5.10 Å². The van der Waals surface area contributed by atoms with E-state index in [1.165, 1.54) is 11.3 Å². The van der Waals surface area contributed by atoms with E-state index in [0.29, 0.717) is 10.6 Å². The highest BCUT2D eigenvalue weighted by Gasteiger charge is 2.15. The van der Waals surface area contributed by atoms with Crippen LogP contribution >= 0.6 is 11.3 Å². The van der Waals surface area contributed by atoms with Crippen molar-refractivity contribution in [2.24, 2.45) is 5.10 Å². The smallest absolute Gasteiger partial charge is 0.283 e. The molecule has 0 saturated heterocycles. The first-order chi connectivity index (χ1) is 12.7. The number of aryl methyl sites for hydroxylation is 1. The minimum absolute atomic E-state index is 0.252. The first-order valence-corrected chi connectivity index (χ1v) is 8.96. The number of thiazole rings is 1. The Morgan fingerprint density at radius 2 is 1.92 bits per heavy atom. The molecule has 0 fully saturated rings. The molecule has 5 nitrogen and oxygen atoms in total. The molecular weight excluding hydrogens is 344 g/mol. The maximum atomic E-state index is 12.4. The molecule has 0 saturated carbocycles. The summed E-state index contributed by atoms with van der Waals surface area (Å²) in [6.07, 6.45) is 3.51. The number of hydrogen-bond acceptors (Lipinski definition) is 4. The fourth-order valence-corrected chi connectivity index (χ4v) is 3.68. The molecule has 128 valence electrons. The molecule has 0 aliphatic carbocycles. The highest BCUT2D eigenvalue weighted by atomic mass is 32.1. The van der Waals surface area contributed by atoms with Crippen molar-refractivity contribution < 1.29 is 4.79 Å². The lowest BCUT2D eigenvalue weighted by atomic mass is 10.2. The van der Waals surface area contributed by atoms with Crippen LogP contribution in [0, 0.1) is 6.92 Å². The summed E-state index contributed by atoms with van der Waals surface area (Å²) in [4.78, 5) is 20.7. The van der Waals surface area contributed by atoms with Crippen molar-refractivity contribution in [3.05, 3.63) is 76.9 Å². The standard InChI is InChI=1S/C20H16N4OS/c1-13-18(26-20(23-13)14-7-3-2-4-8-14)19(25)24-22-12-15-11-21-17-10-6-5-9-16(15)17/h2-12,21H,1H3,(H,24,25)/b22-12+. The number of fused-ring (bicyclic) bond motifs is 1. The normalized spacial score (nSPS) is 11.3. The molecule has 2 N–H and O–H groups in total. The molecule has 6 heteroatoms. The molecule has 0 spiro atoms. The summed E-state index contributed by atoms with van der Waals surface area (Å²) in [5.41, 5.74) is 6.26. The quantitative estimate of drug-likeness (QED) is 0.419. The van der Waals surface area contributed by atoms with Crippen LogP contribution < -0.4 is 5.43 Å². The molecule has 2 aromatic heterocycles. The topological polar surface area (TPSA) is 70.1 Å². The third-order valence-corrected chi connectivity index (χ3v) is 5.22. The molecule has 2 aromatic carbocycles. The van der Waals surface area contributed by atoms with E-state index in [4.69, 9.17) is 0 Å². The van der Waals surface area contributed by atoms with Crippen LogP contribution in [0.15, 0.2) is 65.9 Å². The van der Waals surface area contributed by atoms with Gasteiger partial charge >= 0.3 is 0 Å². The van der Waals surface area contributed by atoms with E-state index < -0.39 is 0 Å². The number of aromatic nitrogens is 2. The van der Waals surface area contributed by atoms with Gasteiger partial charge in [-0.05, 0) is 13.0 Å². The van der Waals surface area contributed by atoms with Gasteiger partial charge in [0.2, 0.25) is 0 Å². The second kappa shape index (κ2) is 6.93. The SMILES string of the molecule is Cc1nc(-c2ccccc2)sc1C(=O)N/N=C/c1c[nH]c2ccccc12. The van der Waals surface area contributed by atoms with Gasteiger partial charge < -0.3 is 4.98 Å². The number of carbonyl (C=O) groups excluding carboxylic acids is 1. The number of carbonyl (C=O) groups is 1. The van der Waals surface area contributed by atoms with Crippen molar-refractivity contribution in [2.45, 2.75) is 6.92 Å². The summed E-state index contributed by atoms with van der Waals surface area (Å²) in [7, 11) is 0. The van der Waals surface area contributed by atoms with E-state index in [1.807, 2.05) is 67.7 Å². The molecule has 0 radical (unpaired) electrons. The zero-order chi connectivity index (χ0) is 17.9. The number of hydrogen-bond donors (Lipinski definition) is 2. The van der Waals surface area contributed by atoms with Gasteiger partial charge in [0.25, 0.3) is 5.91 Å². The lowest BCUT2D eigenvalue weighted by Crippen LogP contribution is -2.17. The summed E-state index contributed by atoms with van der Waals surface area (Å²) in [5.74, 6) is -0.252. The highest BCUT2D eigenvalue weighted by molar-refractivity contribution is 7.17. The predicted molar refractivity (Wildman–Crippen MR) is 106 cm³/mol. The molecule has 0 aliphatic rings. The number of H-pyrrole nitrogens is 1. The summed E-state index contributed by atoms with van der Waals surface area (Å²) in [6, 6.07) is 17.8. The Kier molecular flexibility index (Phi) is 4.33. The Hall–Kier alpha value is -3.25. The number of amides is 1. The number of rotatable bonds is 4. The molecule has 0 atom stereocenters. The van der Waals surface area contributed by atoms with Crippen LogP contribution in [-0.2, 0) is 0 Å². The minimum Gasteiger partial charge on any atom is -0.361 e. The van der Waals surface area contributed by atoms with Crippen molar-refractivity contribution in [2.75, 3.05) is 0 Å². The van der Waals surface area contributed by atoms with Crippen molar-refractivity contribution in [3.8, 4) is 10.6 Å². The average molecular weight is 360 g/mol. The molecule has 0 aliphatic heterocycles. The van der Waals surface area contributed by atoms with Crippen molar-refractivity contribution >= 4 is 34.4 Å². The first-order valence-electron chi connectivity index (χ1n) is 8.15. The van der Waals surface area contributed by atoms with Gasteiger partial charge in [-0.1, -0.05) is 48.5 Å². The van der Waals surface area contributed by atoms with E-state index in [9.17, 15) is 4.79 Å². The summed E-state index contributed by atoms with van der Waals surface area (Å²) in [6.45, 7) is 1.83. The highest BCUT2D eigenvalue weighted by Crippen LogP contribution is 2.27. The van der Waals surface area contributed by atoms with E-state index in [0.717, 1.165) is 27.0 Å². The van der Waals surface area contributed by atoms with Crippen LogP contribution in [0.2, 0.25) is 0 Å². The van der Waals surface area contributed by atoms with E-state index in [-0.39, 0.29) is 5.91 Å². The van der Waals surface area contributed by atoms with Gasteiger partial charge in [-0.3, -0.25) is 4.79 Å². The van der Waals surface area contributed by atoms with Gasteiger partial charge in [0.15, 0.2) is 0 Å². The molecule has 4 rings (SSSR count). The minimum atomic E-state index is -0.252. The van der Waals surface area contributed by atoms with Crippen molar-refractivity contribution in [1.82, 2.24) is 15.4 Å². The monoisotopic (exact) mass is 360 g/mol. The van der Waals surface area contributed by atoms with Crippen LogP contribution in [0.3, 0.4) is 0 Å². The fraction of sp³-hybridized carbons (Fsp3) is 0.0500. The van der Waals surface area contributed by atoms with Gasteiger partial charge in [0.05, 0.1) is 11.9 Å². The van der Waals surface area contributed by atoms with Gasteiger partial charge in [-0.15, -0.1) is 11.3 Å². The van der Waals surface area contributed by atoms with E-state index >= 15 is 0 Å². The van der Waals surface area contributed by atoms with Crippen LogP contribution in [0.4, 0.5) is 0 Å². The van der Waals surface area contributed by atoms with Crippen molar-refractivity contribution in [3.63, 3.8) is 0 Å². The molecule has 0 bridgehead atoms. The second-order valence-corrected chi connectivity index (χ2v) is 6.79. The van der Waals surface area contributed by atoms with Crippen LogP contribution in [0.5, 0.6) is 0 Å². The summed E-state index contributed by atoms with van der Waals surface area (Å²) >= 11 is 1.37. The predicted octanol–water partition coefficient (Wildman–Crippen LogP) is 4.36. The molecule has 2 heterocycles. The van der Waals surface area contributed by atoms with Gasteiger partial charge in [-0.25, -0.2) is 10.4 Å². The molecule has 4 aromatic rings.